The van der Waals surface area contributed by atoms with Gasteiger partial charge in [-0.25, -0.2) is 15.0 Å². The molecule has 0 aliphatic rings. The predicted octanol–water partition coefficient (Wildman–Crippen LogP) is 12.2. The van der Waals surface area contributed by atoms with Crippen LogP contribution in [-0.2, 0) is 0 Å². The SMILES string of the molecule is c1ccc(-c2nc(-c3ccc4sc5ccccc5c4c3)nc(-c3cccc4oc5cc(-n6c7ccccc7c7ccccc76)ccc5c34)n2)cc1. The molecule has 0 unspecified atom stereocenters. The van der Waals surface area contributed by atoms with Crippen molar-refractivity contribution >= 4 is 75.3 Å². The number of furan rings is 1. The van der Waals surface area contributed by atoms with Crippen molar-refractivity contribution in [1.82, 2.24) is 19.5 Å². The summed E-state index contributed by atoms with van der Waals surface area (Å²) in [6, 6.07) is 54.9. The minimum absolute atomic E-state index is 0.605. The Hall–Kier alpha value is -6.63. The largest absolute Gasteiger partial charge is 0.456 e. The molecule has 238 valence electrons. The molecule has 5 nitrogen and oxygen atoms in total. The summed E-state index contributed by atoms with van der Waals surface area (Å²) in [6.07, 6.45) is 0. The molecular formula is C45H26N4OS. The molecule has 0 bridgehead atoms. The second kappa shape index (κ2) is 10.9. The lowest BCUT2D eigenvalue weighted by atomic mass is 10.0. The molecule has 51 heavy (non-hydrogen) atoms. The van der Waals surface area contributed by atoms with Gasteiger partial charge in [0.25, 0.3) is 0 Å². The Bertz CT molecular complexity index is 3100. The second-order valence-electron chi connectivity index (χ2n) is 12.8. The van der Waals surface area contributed by atoms with Crippen LogP contribution in [0, 0.1) is 0 Å². The summed E-state index contributed by atoms with van der Waals surface area (Å²) < 4.78 is 11.4. The average Bonchev–Trinajstić information content (AvgIpc) is 3.87. The number of hydrogen-bond donors (Lipinski definition) is 0. The van der Waals surface area contributed by atoms with Crippen molar-refractivity contribution in [3.05, 3.63) is 158 Å². The van der Waals surface area contributed by atoms with Gasteiger partial charge in [0.05, 0.1) is 11.0 Å². The zero-order valence-electron chi connectivity index (χ0n) is 27.1. The predicted molar refractivity (Wildman–Crippen MR) is 211 cm³/mol. The minimum atomic E-state index is 0.605. The normalized spacial score (nSPS) is 11.9. The summed E-state index contributed by atoms with van der Waals surface area (Å²) in [5.74, 6) is 1.87. The lowest BCUT2D eigenvalue weighted by Gasteiger charge is -2.10. The quantitative estimate of drug-likeness (QED) is 0.187. The lowest BCUT2D eigenvalue weighted by molar-refractivity contribution is 0.668. The maximum atomic E-state index is 6.60. The fourth-order valence-corrected chi connectivity index (χ4v) is 8.63. The van der Waals surface area contributed by atoms with E-state index in [1.807, 2.05) is 42.5 Å². The fourth-order valence-electron chi connectivity index (χ4n) is 7.55. The van der Waals surface area contributed by atoms with Crippen molar-refractivity contribution in [3.8, 4) is 39.9 Å². The summed E-state index contributed by atoms with van der Waals surface area (Å²) in [7, 11) is 0. The summed E-state index contributed by atoms with van der Waals surface area (Å²) >= 11 is 1.80. The van der Waals surface area contributed by atoms with Crippen molar-refractivity contribution in [2.75, 3.05) is 0 Å². The molecule has 11 rings (SSSR count). The third-order valence-electron chi connectivity index (χ3n) is 9.86. The van der Waals surface area contributed by atoms with Crippen LogP contribution in [0.3, 0.4) is 0 Å². The first-order valence-corrected chi connectivity index (χ1v) is 17.8. The van der Waals surface area contributed by atoms with Gasteiger partial charge in [-0.3, -0.25) is 0 Å². The van der Waals surface area contributed by atoms with Gasteiger partial charge in [-0.2, -0.15) is 0 Å². The number of nitrogens with zero attached hydrogens (tertiary/aromatic N) is 4. The highest BCUT2D eigenvalue weighted by Gasteiger charge is 2.20. The molecule has 0 radical (unpaired) electrons. The summed E-state index contributed by atoms with van der Waals surface area (Å²) in [4.78, 5) is 15.3. The molecule has 0 spiro atoms. The third-order valence-corrected chi connectivity index (χ3v) is 11.0. The van der Waals surface area contributed by atoms with Crippen molar-refractivity contribution in [1.29, 1.82) is 0 Å². The number of benzene rings is 7. The van der Waals surface area contributed by atoms with E-state index in [1.165, 1.54) is 30.9 Å². The average molecular weight is 671 g/mol. The first-order chi connectivity index (χ1) is 25.3. The molecule has 0 amide bonds. The van der Waals surface area contributed by atoms with Gasteiger partial charge in [0.1, 0.15) is 11.2 Å². The van der Waals surface area contributed by atoms with Gasteiger partial charge in [0.15, 0.2) is 17.5 Å². The number of para-hydroxylation sites is 2. The maximum absolute atomic E-state index is 6.60. The number of aromatic nitrogens is 4. The van der Waals surface area contributed by atoms with Crippen molar-refractivity contribution < 1.29 is 4.42 Å². The Balaban J connectivity index is 1.12. The molecule has 6 heteroatoms. The summed E-state index contributed by atoms with van der Waals surface area (Å²) in [5, 5.41) is 6.90. The van der Waals surface area contributed by atoms with E-state index in [9.17, 15) is 0 Å². The Morgan fingerprint density at radius 2 is 1.10 bits per heavy atom. The molecule has 0 saturated carbocycles. The third kappa shape index (κ3) is 4.37. The molecule has 0 aliphatic carbocycles. The van der Waals surface area contributed by atoms with E-state index in [2.05, 4.69) is 120 Å². The maximum Gasteiger partial charge on any atom is 0.164 e. The Labute approximate surface area is 295 Å². The van der Waals surface area contributed by atoms with E-state index in [0.29, 0.717) is 17.5 Å². The highest BCUT2D eigenvalue weighted by atomic mass is 32.1. The van der Waals surface area contributed by atoms with Gasteiger partial charge in [0.2, 0.25) is 0 Å². The van der Waals surface area contributed by atoms with E-state index in [1.54, 1.807) is 11.3 Å². The highest BCUT2D eigenvalue weighted by Crippen LogP contribution is 2.40. The number of thiophene rings is 1. The molecule has 4 aromatic heterocycles. The molecule has 7 aromatic carbocycles. The first-order valence-electron chi connectivity index (χ1n) is 16.9. The van der Waals surface area contributed by atoms with E-state index >= 15 is 0 Å². The van der Waals surface area contributed by atoms with Crippen molar-refractivity contribution in [3.63, 3.8) is 0 Å². The Morgan fingerprint density at radius 1 is 0.431 bits per heavy atom. The number of rotatable bonds is 4. The van der Waals surface area contributed by atoms with Gasteiger partial charge in [-0.05, 0) is 54.6 Å². The standard InChI is InChI=1S/C45H26N4OS/c1-2-11-27(12-3-1)43-46-44(28-21-24-41-35(25-28)32-15-6-9-20-40(32)51-41)48-45(47-43)34-16-10-19-38-42(34)33-23-22-29(26-39(33)50-38)49-36-17-7-4-13-30(36)31-14-5-8-18-37(31)49/h1-26H. The van der Waals surface area contributed by atoms with Crippen LogP contribution in [-0.4, -0.2) is 19.5 Å². The van der Waals surface area contributed by atoms with Crippen LogP contribution in [0.4, 0.5) is 0 Å². The van der Waals surface area contributed by atoms with Crippen LogP contribution in [0.15, 0.2) is 162 Å². The lowest BCUT2D eigenvalue weighted by Crippen LogP contribution is -2.00. The zero-order valence-corrected chi connectivity index (χ0v) is 27.9. The molecule has 0 fully saturated rings. The van der Waals surface area contributed by atoms with E-state index < -0.39 is 0 Å². The molecule has 0 atom stereocenters. The summed E-state index contributed by atoms with van der Waals surface area (Å²) in [6.45, 7) is 0. The zero-order chi connectivity index (χ0) is 33.5. The van der Waals surface area contributed by atoms with Gasteiger partial charge >= 0.3 is 0 Å². The summed E-state index contributed by atoms with van der Waals surface area (Å²) in [5.41, 5.74) is 7.76. The number of hydrogen-bond acceptors (Lipinski definition) is 5. The van der Waals surface area contributed by atoms with Crippen molar-refractivity contribution in [2.24, 2.45) is 0 Å². The van der Waals surface area contributed by atoms with Crippen LogP contribution >= 0.6 is 11.3 Å². The van der Waals surface area contributed by atoms with Gasteiger partial charge in [0, 0.05) is 70.2 Å². The van der Waals surface area contributed by atoms with Crippen LogP contribution in [0.5, 0.6) is 0 Å². The first kappa shape index (κ1) is 28.2. The molecule has 4 heterocycles. The smallest absolute Gasteiger partial charge is 0.164 e. The molecule has 0 saturated heterocycles. The Kier molecular flexibility index (Phi) is 6.05. The van der Waals surface area contributed by atoms with Gasteiger partial charge in [-0.15, -0.1) is 11.3 Å². The topological polar surface area (TPSA) is 56.7 Å². The van der Waals surface area contributed by atoms with Crippen LogP contribution in [0.2, 0.25) is 0 Å². The minimum Gasteiger partial charge on any atom is -0.456 e. The van der Waals surface area contributed by atoms with Crippen LogP contribution < -0.4 is 0 Å². The molecule has 0 aliphatic heterocycles. The molecule has 0 N–H and O–H groups in total. The van der Waals surface area contributed by atoms with E-state index in [-0.39, 0.29) is 0 Å². The van der Waals surface area contributed by atoms with Gasteiger partial charge < -0.3 is 8.98 Å². The molecule has 11 aromatic rings. The monoisotopic (exact) mass is 670 g/mol. The van der Waals surface area contributed by atoms with Crippen LogP contribution in [0.25, 0.3) is 104 Å². The van der Waals surface area contributed by atoms with Crippen molar-refractivity contribution in [2.45, 2.75) is 0 Å². The van der Waals surface area contributed by atoms with E-state index in [0.717, 1.165) is 55.3 Å². The molecular weight excluding hydrogens is 645 g/mol. The van der Waals surface area contributed by atoms with Crippen LogP contribution in [0.1, 0.15) is 0 Å². The second-order valence-corrected chi connectivity index (χ2v) is 13.9. The van der Waals surface area contributed by atoms with Gasteiger partial charge in [-0.1, -0.05) is 97.1 Å². The fraction of sp³-hybridized carbons (Fsp3) is 0. The highest BCUT2D eigenvalue weighted by molar-refractivity contribution is 7.25. The number of fused-ring (bicyclic) bond motifs is 9. The Morgan fingerprint density at radius 3 is 1.90 bits per heavy atom. The van der Waals surface area contributed by atoms with E-state index in [4.69, 9.17) is 19.4 Å².